The molecule has 0 saturated carbocycles. The van der Waals surface area contributed by atoms with E-state index in [4.69, 9.17) is 9.47 Å². The van der Waals surface area contributed by atoms with Gasteiger partial charge >= 0.3 is 12.1 Å². The Morgan fingerprint density at radius 2 is 1.45 bits per heavy atom. The third-order valence-corrected chi connectivity index (χ3v) is 9.43. The first-order valence-electron chi connectivity index (χ1n) is 18.0. The average Bonchev–Trinajstić information content (AvgIpc) is 3.12. The molecule has 0 aromatic heterocycles. The molecular formula is C42H54N4O7. The Morgan fingerprint density at radius 3 is 2.04 bits per heavy atom. The fourth-order valence-electron chi connectivity index (χ4n) is 6.19. The van der Waals surface area contributed by atoms with E-state index in [-0.39, 0.29) is 19.0 Å². The molecule has 284 valence electrons. The Labute approximate surface area is 313 Å². The smallest absolute Gasteiger partial charge is 0.410 e. The summed E-state index contributed by atoms with van der Waals surface area (Å²) in [5, 5.41) is 2.93. The number of carbonyl (C=O) groups excluding carboxylic acids is 5. The van der Waals surface area contributed by atoms with Crippen LogP contribution in [0, 0.1) is 5.41 Å². The first-order chi connectivity index (χ1) is 24.9. The summed E-state index contributed by atoms with van der Waals surface area (Å²) in [6, 6.07) is 21.8. The lowest BCUT2D eigenvalue weighted by atomic mass is 9.84. The third kappa shape index (κ3) is 10.7. The van der Waals surface area contributed by atoms with Gasteiger partial charge in [-0.15, -0.1) is 0 Å². The Kier molecular flexibility index (Phi) is 13.1. The van der Waals surface area contributed by atoms with Crippen molar-refractivity contribution in [2.45, 2.75) is 98.1 Å². The molecular weight excluding hydrogens is 672 g/mol. The number of methoxy groups -OCH3 is 1. The van der Waals surface area contributed by atoms with Crippen molar-refractivity contribution in [1.29, 1.82) is 0 Å². The van der Waals surface area contributed by atoms with E-state index >= 15 is 0 Å². The zero-order valence-electron chi connectivity index (χ0n) is 32.5. The largest absolute Gasteiger partial charge is 0.465 e. The minimum atomic E-state index is -1.02. The molecule has 3 unspecified atom stereocenters. The van der Waals surface area contributed by atoms with Crippen molar-refractivity contribution in [2.24, 2.45) is 5.41 Å². The van der Waals surface area contributed by atoms with E-state index in [1.807, 2.05) is 75.4 Å². The maximum absolute atomic E-state index is 14.9. The number of hydrogen-bond acceptors (Lipinski definition) is 7. The standard InChI is InChI=1S/C42H54N4O7/c1-28(44(8)40(51)53-42(5,6)7)36(47)43-35(41(2,3)4)38(49)46-27-33-18-14-13-17-32(33)25-34(46)37(48)45(24-23-29-15-11-10-12-16-29)26-30-19-21-31(22-20-30)39(50)52-9/h10-22,28,34-35H,23-27H2,1-9H3,(H,43,47). The van der Waals surface area contributed by atoms with Gasteiger partial charge in [0.25, 0.3) is 0 Å². The van der Waals surface area contributed by atoms with Gasteiger partial charge in [0, 0.05) is 33.1 Å². The van der Waals surface area contributed by atoms with Crippen LogP contribution in [0.1, 0.15) is 81.1 Å². The molecule has 0 bridgehead atoms. The molecule has 1 aliphatic rings. The van der Waals surface area contributed by atoms with Crippen LogP contribution >= 0.6 is 0 Å². The zero-order chi connectivity index (χ0) is 39.1. The molecule has 1 heterocycles. The first-order valence-corrected chi connectivity index (χ1v) is 18.0. The molecule has 0 spiro atoms. The molecule has 0 radical (unpaired) electrons. The normalized spacial score (nSPS) is 15.3. The summed E-state index contributed by atoms with van der Waals surface area (Å²) >= 11 is 0. The molecule has 11 heteroatoms. The fourth-order valence-corrected chi connectivity index (χ4v) is 6.19. The molecule has 0 fully saturated rings. The van der Waals surface area contributed by atoms with E-state index in [1.54, 1.807) is 61.8 Å². The molecule has 1 N–H and O–H groups in total. The van der Waals surface area contributed by atoms with E-state index in [9.17, 15) is 24.0 Å². The number of ether oxygens (including phenoxy) is 2. The van der Waals surface area contributed by atoms with Crippen LogP contribution in [-0.4, -0.2) is 88.9 Å². The molecule has 3 atom stereocenters. The van der Waals surface area contributed by atoms with E-state index in [1.165, 1.54) is 19.1 Å². The van der Waals surface area contributed by atoms with Crippen molar-refractivity contribution in [2.75, 3.05) is 20.7 Å². The monoisotopic (exact) mass is 726 g/mol. The maximum Gasteiger partial charge on any atom is 0.410 e. The summed E-state index contributed by atoms with van der Waals surface area (Å²) in [4.78, 5) is 72.8. The van der Waals surface area contributed by atoms with E-state index in [0.29, 0.717) is 24.9 Å². The summed E-state index contributed by atoms with van der Waals surface area (Å²) in [5.41, 5.74) is 2.68. The molecule has 53 heavy (non-hydrogen) atoms. The van der Waals surface area contributed by atoms with Crippen LogP contribution in [0.25, 0.3) is 0 Å². The van der Waals surface area contributed by atoms with E-state index in [0.717, 1.165) is 22.3 Å². The van der Waals surface area contributed by atoms with Crippen molar-refractivity contribution in [3.05, 3.63) is 107 Å². The lowest BCUT2D eigenvalue weighted by Crippen LogP contribution is -2.62. The number of benzene rings is 3. The lowest BCUT2D eigenvalue weighted by Gasteiger charge is -2.42. The quantitative estimate of drug-likeness (QED) is 0.248. The summed E-state index contributed by atoms with van der Waals surface area (Å²) in [7, 11) is 2.81. The molecule has 0 aliphatic carbocycles. The number of amides is 4. The second-order valence-corrected chi connectivity index (χ2v) is 15.7. The van der Waals surface area contributed by atoms with Gasteiger partial charge in [-0.3, -0.25) is 19.3 Å². The highest BCUT2D eigenvalue weighted by Crippen LogP contribution is 2.30. The van der Waals surface area contributed by atoms with Crippen molar-refractivity contribution < 1.29 is 33.4 Å². The van der Waals surface area contributed by atoms with Crippen LogP contribution in [0.2, 0.25) is 0 Å². The predicted molar refractivity (Wildman–Crippen MR) is 203 cm³/mol. The second-order valence-electron chi connectivity index (χ2n) is 15.7. The number of esters is 1. The number of carbonyl (C=O) groups is 5. The van der Waals surface area contributed by atoms with Gasteiger partial charge in [0.2, 0.25) is 17.7 Å². The molecule has 3 aromatic rings. The Balaban J connectivity index is 1.67. The average molecular weight is 727 g/mol. The Hall–Kier alpha value is -5.19. The third-order valence-electron chi connectivity index (χ3n) is 9.43. The summed E-state index contributed by atoms with van der Waals surface area (Å²) in [6.07, 6.45) is 0.230. The zero-order valence-corrected chi connectivity index (χ0v) is 32.5. The van der Waals surface area contributed by atoms with Gasteiger partial charge in [-0.25, -0.2) is 9.59 Å². The van der Waals surface area contributed by atoms with Crippen molar-refractivity contribution in [1.82, 2.24) is 20.0 Å². The molecule has 0 saturated heterocycles. The van der Waals surface area contributed by atoms with Crippen LogP contribution in [0.5, 0.6) is 0 Å². The predicted octanol–water partition coefficient (Wildman–Crippen LogP) is 5.78. The Bertz CT molecular complexity index is 1760. The highest BCUT2D eigenvalue weighted by molar-refractivity contribution is 5.95. The molecule has 4 amide bonds. The van der Waals surface area contributed by atoms with Gasteiger partial charge in [0.1, 0.15) is 23.7 Å². The second kappa shape index (κ2) is 17.1. The minimum Gasteiger partial charge on any atom is -0.465 e. The van der Waals surface area contributed by atoms with Gasteiger partial charge in [-0.1, -0.05) is 87.5 Å². The van der Waals surface area contributed by atoms with Crippen LogP contribution < -0.4 is 5.32 Å². The van der Waals surface area contributed by atoms with Crippen LogP contribution in [0.3, 0.4) is 0 Å². The number of nitrogens with zero attached hydrogens (tertiary/aromatic N) is 3. The van der Waals surface area contributed by atoms with Gasteiger partial charge in [0.15, 0.2) is 0 Å². The van der Waals surface area contributed by atoms with E-state index < -0.39 is 53.0 Å². The minimum absolute atomic E-state index is 0.182. The summed E-state index contributed by atoms with van der Waals surface area (Å²) in [6.45, 7) is 13.2. The van der Waals surface area contributed by atoms with E-state index in [2.05, 4.69) is 5.32 Å². The maximum atomic E-state index is 14.9. The Morgan fingerprint density at radius 1 is 0.849 bits per heavy atom. The van der Waals surface area contributed by atoms with Crippen LogP contribution in [0.4, 0.5) is 4.79 Å². The number of nitrogens with one attached hydrogen (secondary N) is 1. The number of likely N-dealkylation sites (N-methyl/N-ethyl adjacent to an activating group) is 1. The van der Waals surface area contributed by atoms with Crippen LogP contribution in [0.15, 0.2) is 78.9 Å². The van der Waals surface area contributed by atoms with Gasteiger partial charge in [-0.05, 0) is 73.9 Å². The summed E-state index contributed by atoms with van der Waals surface area (Å²) in [5.74, 6) is -1.59. The number of rotatable bonds is 11. The van der Waals surface area contributed by atoms with Crippen LogP contribution in [-0.2, 0) is 49.8 Å². The number of hydrogen-bond donors (Lipinski definition) is 1. The topological polar surface area (TPSA) is 126 Å². The van der Waals surface area contributed by atoms with Crippen molar-refractivity contribution >= 4 is 29.8 Å². The van der Waals surface area contributed by atoms with Gasteiger partial charge in [-0.2, -0.15) is 0 Å². The SMILES string of the molecule is COC(=O)c1ccc(CN(CCc2ccccc2)C(=O)C2Cc3ccccc3CN2C(=O)C(NC(=O)C(C)N(C)C(=O)OC(C)(C)C)C(C)(C)C)cc1. The van der Waals surface area contributed by atoms with Crippen molar-refractivity contribution in [3.8, 4) is 0 Å². The molecule has 11 nitrogen and oxygen atoms in total. The molecule has 4 rings (SSSR count). The molecule has 3 aromatic carbocycles. The van der Waals surface area contributed by atoms with Gasteiger partial charge < -0.3 is 24.6 Å². The highest BCUT2D eigenvalue weighted by Gasteiger charge is 2.44. The fraction of sp³-hybridized carbons (Fsp3) is 0.452. The number of fused-ring (bicyclic) bond motifs is 1. The summed E-state index contributed by atoms with van der Waals surface area (Å²) < 4.78 is 10.3. The van der Waals surface area contributed by atoms with Crippen molar-refractivity contribution in [3.63, 3.8) is 0 Å². The first kappa shape index (κ1) is 40.6. The highest BCUT2D eigenvalue weighted by atomic mass is 16.6. The van der Waals surface area contributed by atoms with Gasteiger partial charge in [0.05, 0.1) is 12.7 Å². The molecule has 1 aliphatic heterocycles. The lowest BCUT2D eigenvalue weighted by molar-refractivity contribution is -0.151.